The van der Waals surface area contributed by atoms with Gasteiger partial charge in [0.05, 0.1) is 11.7 Å². The number of hydrogen-bond donors (Lipinski definition) is 1. The molecule has 1 aliphatic rings. The predicted molar refractivity (Wildman–Crippen MR) is 120 cm³/mol. The monoisotopic (exact) mass is 439 g/mol. The molecule has 1 aliphatic heterocycles. The molecule has 2 heterocycles. The van der Waals surface area contributed by atoms with Crippen molar-refractivity contribution < 1.29 is 13.9 Å². The van der Waals surface area contributed by atoms with Gasteiger partial charge >= 0.3 is 0 Å². The van der Waals surface area contributed by atoms with Gasteiger partial charge in [-0.15, -0.1) is 11.3 Å². The van der Waals surface area contributed by atoms with Gasteiger partial charge in [0.2, 0.25) is 0 Å². The fraction of sp³-hybridized carbons (Fsp3) is 0.333. The molecular formula is C24H26FN3O2S. The third kappa shape index (κ3) is 5.48. The smallest absolute Gasteiger partial charge is 0.263 e. The molecule has 0 bridgehead atoms. The number of thiazole rings is 1. The molecule has 0 saturated carbocycles. The molecule has 1 unspecified atom stereocenters. The van der Waals surface area contributed by atoms with Gasteiger partial charge in [0.1, 0.15) is 28.1 Å². The van der Waals surface area contributed by atoms with Crippen LogP contribution in [0, 0.1) is 12.7 Å². The molecular weight excluding hydrogens is 413 g/mol. The largest absolute Gasteiger partial charge is 0.486 e. The lowest BCUT2D eigenvalue weighted by atomic mass is 10.1. The number of carbonyl (C=O) groups is 1. The van der Waals surface area contributed by atoms with Crippen LogP contribution in [-0.4, -0.2) is 35.4 Å². The number of aromatic nitrogens is 1. The summed E-state index contributed by atoms with van der Waals surface area (Å²) >= 11 is 1.33. The van der Waals surface area contributed by atoms with E-state index in [1.54, 1.807) is 12.1 Å². The molecule has 3 aromatic rings. The summed E-state index contributed by atoms with van der Waals surface area (Å²) in [5.74, 6) is 0.152. The molecule has 1 atom stereocenters. The highest BCUT2D eigenvalue weighted by molar-refractivity contribution is 7.13. The van der Waals surface area contributed by atoms with E-state index < -0.39 is 0 Å². The Morgan fingerprint density at radius 2 is 1.87 bits per heavy atom. The van der Waals surface area contributed by atoms with Gasteiger partial charge in [-0.05, 0) is 62.7 Å². The van der Waals surface area contributed by atoms with Gasteiger partial charge in [0.15, 0.2) is 0 Å². The first-order chi connectivity index (χ1) is 15.1. The zero-order valence-corrected chi connectivity index (χ0v) is 18.3. The Bertz CT molecular complexity index is 1000. The third-order valence-corrected chi connectivity index (χ3v) is 6.57. The minimum atomic E-state index is -0.306. The van der Waals surface area contributed by atoms with Gasteiger partial charge < -0.3 is 10.1 Å². The molecule has 0 aliphatic carbocycles. The summed E-state index contributed by atoms with van der Waals surface area (Å²) in [6, 6.07) is 16.4. The Kier molecular flexibility index (Phi) is 6.94. The zero-order valence-electron chi connectivity index (χ0n) is 17.5. The molecule has 1 aromatic heterocycles. The van der Waals surface area contributed by atoms with Crippen LogP contribution < -0.4 is 10.1 Å². The number of likely N-dealkylation sites (tertiary alicyclic amines) is 1. The van der Waals surface area contributed by atoms with Gasteiger partial charge in [-0.25, -0.2) is 9.37 Å². The minimum absolute atomic E-state index is 0.108. The van der Waals surface area contributed by atoms with Crippen molar-refractivity contribution in [1.82, 2.24) is 15.2 Å². The van der Waals surface area contributed by atoms with Crippen LogP contribution >= 0.6 is 11.3 Å². The number of ether oxygens (including phenoxy) is 1. The number of carbonyl (C=O) groups excluding carboxylic acids is 1. The highest BCUT2D eigenvalue weighted by Gasteiger charge is 2.25. The number of nitrogens with zero attached hydrogens (tertiary/aromatic N) is 2. The molecule has 1 N–H and O–H groups in total. The van der Waals surface area contributed by atoms with E-state index in [0.29, 0.717) is 27.9 Å². The first-order valence-corrected chi connectivity index (χ1v) is 11.3. The van der Waals surface area contributed by atoms with E-state index in [1.807, 2.05) is 25.1 Å². The maximum absolute atomic E-state index is 13.0. The fourth-order valence-corrected chi connectivity index (χ4v) is 4.75. The van der Waals surface area contributed by atoms with E-state index >= 15 is 0 Å². The number of rotatable bonds is 8. The van der Waals surface area contributed by atoms with E-state index in [-0.39, 0.29) is 24.4 Å². The minimum Gasteiger partial charge on any atom is -0.486 e. The molecule has 0 radical (unpaired) electrons. The summed E-state index contributed by atoms with van der Waals surface area (Å²) in [6.45, 7) is 4.74. The SMILES string of the molecule is Cc1nc(COc2ccc(F)cc2)sc1C(=O)NCC(c1ccccc1)N1CCCC1. The predicted octanol–water partition coefficient (Wildman–Crippen LogP) is 4.74. The first-order valence-electron chi connectivity index (χ1n) is 10.5. The van der Waals surface area contributed by atoms with Crippen molar-refractivity contribution in [2.75, 3.05) is 19.6 Å². The average Bonchev–Trinajstić information content (AvgIpc) is 3.44. The molecule has 31 heavy (non-hydrogen) atoms. The second kappa shape index (κ2) is 10.0. The van der Waals surface area contributed by atoms with Gasteiger partial charge in [-0.3, -0.25) is 9.69 Å². The number of halogens is 1. The van der Waals surface area contributed by atoms with Crippen LogP contribution in [0.25, 0.3) is 0 Å². The van der Waals surface area contributed by atoms with Crippen LogP contribution in [0.3, 0.4) is 0 Å². The van der Waals surface area contributed by atoms with Crippen LogP contribution in [0.5, 0.6) is 5.75 Å². The van der Waals surface area contributed by atoms with Crippen LogP contribution in [0.15, 0.2) is 54.6 Å². The van der Waals surface area contributed by atoms with Crippen molar-refractivity contribution in [1.29, 1.82) is 0 Å². The Hall–Kier alpha value is -2.77. The van der Waals surface area contributed by atoms with Crippen molar-refractivity contribution in [3.63, 3.8) is 0 Å². The second-order valence-electron chi connectivity index (χ2n) is 7.64. The molecule has 1 fully saturated rings. The third-order valence-electron chi connectivity index (χ3n) is 5.44. The standard InChI is InChI=1S/C24H26FN3O2S/c1-17-23(31-22(27-17)16-30-20-11-9-19(25)10-12-20)24(29)26-15-21(28-13-5-6-14-28)18-7-3-2-4-8-18/h2-4,7-12,21H,5-6,13-16H2,1H3,(H,26,29). The van der Waals surface area contributed by atoms with E-state index in [4.69, 9.17) is 4.74 Å². The molecule has 162 valence electrons. The van der Waals surface area contributed by atoms with E-state index in [1.165, 1.54) is 41.9 Å². The molecule has 2 aromatic carbocycles. The lowest BCUT2D eigenvalue weighted by Gasteiger charge is -2.28. The van der Waals surface area contributed by atoms with Crippen molar-refractivity contribution >= 4 is 17.2 Å². The lowest BCUT2D eigenvalue weighted by molar-refractivity contribution is 0.0941. The Labute approximate surface area is 185 Å². The maximum Gasteiger partial charge on any atom is 0.263 e. The Balaban J connectivity index is 1.39. The topological polar surface area (TPSA) is 54.5 Å². The molecule has 5 nitrogen and oxygen atoms in total. The van der Waals surface area contributed by atoms with Gasteiger partial charge in [0.25, 0.3) is 5.91 Å². The summed E-state index contributed by atoms with van der Waals surface area (Å²) in [5, 5.41) is 3.83. The highest BCUT2D eigenvalue weighted by Crippen LogP contribution is 2.25. The lowest BCUT2D eigenvalue weighted by Crippen LogP contribution is -2.36. The summed E-state index contributed by atoms with van der Waals surface area (Å²) < 4.78 is 18.7. The van der Waals surface area contributed by atoms with Crippen molar-refractivity contribution in [2.24, 2.45) is 0 Å². The quantitative estimate of drug-likeness (QED) is 0.551. The van der Waals surface area contributed by atoms with Crippen LogP contribution in [0.1, 0.15) is 44.8 Å². The zero-order chi connectivity index (χ0) is 21.6. The molecule has 1 saturated heterocycles. The Morgan fingerprint density at radius 1 is 1.16 bits per heavy atom. The van der Waals surface area contributed by atoms with Crippen LogP contribution in [-0.2, 0) is 6.61 Å². The van der Waals surface area contributed by atoms with Crippen LogP contribution in [0.2, 0.25) is 0 Å². The number of hydrogen-bond acceptors (Lipinski definition) is 5. The van der Waals surface area contributed by atoms with Crippen molar-refractivity contribution in [3.05, 3.63) is 81.6 Å². The number of nitrogens with one attached hydrogen (secondary N) is 1. The normalized spacial score (nSPS) is 15.0. The summed E-state index contributed by atoms with van der Waals surface area (Å²) in [7, 11) is 0. The number of amides is 1. The summed E-state index contributed by atoms with van der Waals surface area (Å²) in [5.41, 5.74) is 1.91. The average molecular weight is 440 g/mol. The van der Waals surface area contributed by atoms with Crippen molar-refractivity contribution in [2.45, 2.75) is 32.4 Å². The van der Waals surface area contributed by atoms with Crippen LogP contribution in [0.4, 0.5) is 4.39 Å². The molecule has 1 amide bonds. The first kappa shape index (κ1) is 21.5. The van der Waals surface area contributed by atoms with E-state index in [2.05, 4.69) is 27.3 Å². The van der Waals surface area contributed by atoms with Gasteiger partial charge in [0, 0.05) is 6.54 Å². The number of benzene rings is 2. The molecule has 7 heteroatoms. The van der Waals surface area contributed by atoms with Gasteiger partial charge in [-0.1, -0.05) is 30.3 Å². The van der Waals surface area contributed by atoms with E-state index in [9.17, 15) is 9.18 Å². The molecule has 4 rings (SSSR count). The van der Waals surface area contributed by atoms with E-state index in [0.717, 1.165) is 13.1 Å². The van der Waals surface area contributed by atoms with Crippen molar-refractivity contribution in [3.8, 4) is 5.75 Å². The Morgan fingerprint density at radius 3 is 2.58 bits per heavy atom. The maximum atomic E-state index is 13.0. The van der Waals surface area contributed by atoms with Gasteiger partial charge in [-0.2, -0.15) is 0 Å². The highest BCUT2D eigenvalue weighted by atomic mass is 32.1. The summed E-state index contributed by atoms with van der Waals surface area (Å²) in [4.78, 5) is 20.4. The summed E-state index contributed by atoms with van der Waals surface area (Å²) in [6.07, 6.45) is 2.39. The second-order valence-corrected chi connectivity index (χ2v) is 8.73. The number of aryl methyl sites for hydroxylation is 1. The fourth-order valence-electron chi connectivity index (χ4n) is 3.86. The molecule has 0 spiro atoms.